The van der Waals surface area contributed by atoms with E-state index in [9.17, 15) is 9.59 Å². The van der Waals surface area contributed by atoms with Gasteiger partial charge in [0.1, 0.15) is 0 Å². The molecule has 0 spiro atoms. The van der Waals surface area contributed by atoms with Crippen LogP contribution in [-0.2, 0) is 9.59 Å². The van der Waals surface area contributed by atoms with Crippen LogP contribution >= 0.6 is 0 Å². The van der Waals surface area contributed by atoms with Crippen LogP contribution in [0.1, 0.15) is 28.2 Å². The van der Waals surface area contributed by atoms with E-state index in [4.69, 9.17) is 0 Å². The maximum atomic E-state index is 13.6. The molecule has 170 valence electrons. The van der Waals surface area contributed by atoms with Crippen molar-refractivity contribution in [3.8, 4) is 0 Å². The Bertz CT molecular complexity index is 1200. The Morgan fingerprint density at radius 1 is 0.647 bits per heavy atom. The SMILES string of the molecule is Cc1ccc(C(C2C(=O)N(C)N=C2c2ccccc2)C2C(=O)N(C)N=C2c2ccccc2)cc1. The number of hydrazone groups is 2. The Morgan fingerprint density at radius 2 is 1.06 bits per heavy atom. The third-order valence-corrected chi connectivity index (χ3v) is 6.59. The predicted molar refractivity (Wildman–Crippen MR) is 132 cm³/mol. The van der Waals surface area contributed by atoms with Gasteiger partial charge in [0, 0.05) is 20.0 Å². The van der Waals surface area contributed by atoms with E-state index in [2.05, 4.69) is 10.2 Å². The molecule has 6 nitrogen and oxygen atoms in total. The summed E-state index contributed by atoms with van der Waals surface area (Å²) in [6, 6.07) is 27.5. The highest BCUT2D eigenvalue weighted by molar-refractivity contribution is 6.20. The summed E-state index contributed by atoms with van der Waals surface area (Å²) in [5.74, 6) is -1.96. The quantitative estimate of drug-likeness (QED) is 0.588. The lowest BCUT2D eigenvalue weighted by Gasteiger charge is -2.29. The van der Waals surface area contributed by atoms with Crippen molar-refractivity contribution in [1.82, 2.24) is 10.0 Å². The normalized spacial score (nSPS) is 21.0. The molecule has 2 heterocycles. The van der Waals surface area contributed by atoms with Crippen molar-refractivity contribution >= 4 is 23.2 Å². The standard InChI is InChI=1S/C28H26N4O2/c1-18-14-16-19(17-15-18)22(23-25(29-31(2)27(23)33)20-10-6-4-7-11-20)24-26(30-32(3)28(24)34)21-12-8-5-9-13-21/h4-17,22-24H,1-3H3. The van der Waals surface area contributed by atoms with Gasteiger partial charge in [0.05, 0.1) is 23.3 Å². The summed E-state index contributed by atoms with van der Waals surface area (Å²) < 4.78 is 0. The highest BCUT2D eigenvalue weighted by atomic mass is 16.2. The van der Waals surface area contributed by atoms with Gasteiger partial charge in [-0.05, 0) is 23.6 Å². The minimum atomic E-state index is -0.621. The predicted octanol–water partition coefficient (Wildman–Crippen LogP) is 4.06. The molecule has 3 aromatic carbocycles. The summed E-state index contributed by atoms with van der Waals surface area (Å²) in [5.41, 5.74) is 5.13. The zero-order chi connectivity index (χ0) is 23.8. The second-order valence-corrected chi connectivity index (χ2v) is 8.82. The van der Waals surface area contributed by atoms with Crippen LogP contribution in [0.4, 0.5) is 0 Å². The molecule has 2 unspecified atom stereocenters. The molecule has 2 amide bonds. The van der Waals surface area contributed by atoms with Gasteiger partial charge in [-0.1, -0.05) is 90.5 Å². The van der Waals surface area contributed by atoms with E-state index in [1.54, 1.807) is 14.1 Å². The fourth-order valence-electron chi connectivity index (χ4n) is 4.89. The highest BCUT2D eigenvalue weighted by Gasteiger charge is 2.50. The molecule has 6 heteroatoms. The van der Waals surface area contributed by atoms with Gasteiger partial charge in [0.15, 0.2) is 0 Å². The van der Waals surface area contributed by atoms with Crippen LogP contribution in [0, 0.1) is 18.8 Å². The second kappa shape index (κ2) is 8.71. The van der Waals surface area contributed by atoms with Crippen LogP contribution in [0.3, 0.4) is 0 Å². The monoisotopic (exact) mass is 450 g/mol. The number of carbonyl (C=O) groups excluding carboxylic acids is 2. The van der Waals surface area contributed by atoms with Gasteiger partial charge in [0.25, 0.3) is 11.8 Å². The zero-order valence-corrected chi connectivity index (χ0v) is 19.4. The van der Waals surface area contributed by atoms with Crippen molar-refractivity contribution in [2.45, 2.75) is 12.8 Å². The second-order valence-electron chi connectivity index (χ2n) is 8.82. The molecule has 2 atom stereocenters. The van der Waals surface area contributed by atoms with Gasteiger partial charge in [-0.15, -0.1) is 0 Å². The molecule has 0 saturated carbocycles. The largest absolute Gasteiger partial charge is 0.272 e. The topological polar surface area (TPSA) is 65.3 Å². The van der Waals surface area contributed by atoms with Crippen LogP contribution in [0.2, 0.25) is 0 Å². The molecular formula is C28H26N4O2. The number of aryl methyl sites for hydroxylation is 1. The van der Waals surface area contributed by atoms with Crippen molar-refractivity contribution < 1.29 is 9.59 Å². The van der Waals surface area contributed by atoms with Gasteiger partial charge < -0.3 is 0 Å². The molecule has 0 fully saturated rings. The first-order valence-electron chi connectivity index (χ1n) is 11.3. The van der Waals surface area contributed by atoms with Gasteiger partial charge in [-0.3, -0.25) is 9.59 Å². The van der Waals surface area contributed by atoms with Gasteiger partial charge in [0.2, 0.25) is 0 Å². The maximum Gasteiger partial charge on any atom is 0.252 e. The number of amides is 2. The zero-order valence-electron chi connectivity index (χ0n) is 19.4. The van der Waals surface area contributed by atoms with Gasteiger partial charge in [-0.25, -0.2) is 10.0 Å². The Balaban J connectivity index is 1.70. The molecule has 3 aromatic rings. The summed E-state index contributed by atoms with van der Waals surface area (Å²) in [5, 5.41) is 12.1. The number of nitrogens with zero attached hydrogens (tertiary/aromatic N) is 4. The lowest BCUT2D eigenvalue weighted by Crippen LogP contribution is -2.40. The third-order valence-electron chi connectivity index (χ3n) is 6.59. The van der Waals surface area contributed by atoms with Gasteiger partial charge >= 0.3 is 0 Å². The van der Waals surface area contributed by atoms with E-state index in [1.165, 1.54) is 10.0 Å². The Hall–Kier alpha value is -4.06. The first-order chi connectivity index (χ1) is 16.5. The third kappa shape index (κ3) is 3.71. The summed E-state index contributed by atoms with van der Waals surface area (Å²) in [7, 11) is 3.35. The van der Waals surface area contributed by atoms with Crippen molar-refractivity contribution in [3.63, 3.8) is 0 Å². The van der Waals surface area contributed by atoms with E-state index in [0.29, 0.717) is 11.4 Å². The summed E-state index contributed by atoms with van der Waals surface area (Å²) in [6.07, 6.45) is 0. The van der Waals surface area contributed by atoms with E-state index in [0.717, 1.165) is 22.3 Å². The molecule has 34 heavy (non-hydrogen) atoms. The maximum absolute atomic E-state index is 13.6. The average Bonchev–Trinajstić information content (AvgIpc) is 3.32. The number of benzene rings is 3. The molecule has 0 radical (unpaired) electrons. The molecule has 2 aliphatic rings. The van der Waals surface area contributed by atoms with Crippen LogP contribution in [0.25, 0.3) is 0 Å². The minimum absolute atomic E-state index is 0.126. The van der Waals surface area contributed by atoms with Crippen LogP contribution < -0.4 is 0 Å². The molecular weight excluding hydrogens is 424 g/mol. The van der Waals surface area contributed by atoms with Crippen molar-refractivity contribution in [2.24, 2.45) is 22.0 Å². The first-order valence-corrected chi connectivity index (χ1v) is 11.3. The van der Waals surface area contributed by atoms with Crippen molar-refractivity contribution in [3.05, 3.63) is 107 Å². The number of rotatable bonds is 5. The van der Waals surface area contributed by atoms with Crippen LogP contribution in [0.5, 0.6) is 0 Å². The molecule has 0 N–H and O–H groups in total. The Morgan fingerprint density at radius 3 is 1.47 bits per heavy atom. The Labute approximate surface area is 199 Å². The number of hydrogen-bond acceptors (Lipinski definition) is 4. The van der Waals surface area contributed by atoms with Gasteiger partial charge in [-0.2, -0.15) is 10.2 Å². The molecule has 0 aromatic heterocycles. The molecule has 0 aliphatic carbocycles. The van der Waals surface area contributed by atoms with E-state index in [-0.39, 0.29) is 11.8 Å². The average molecular weight is 451 g/mol. The van der Waals surface area contributed by atoms with Crippen molar-refractivity contribution in [1.29, 1.82) is 0 Å². The molecule has 2 aliphatic heterocycles. The van der Waals surface area contributed by atoms with Crippen LogP contribution in [0.15, 0.2) is 95.1 Å². The molecule has 5 rings (SSSR count). The molecule has 0 saturated heterocycles. The summed E-state index contributed by atoms with van der Waals surface area (Å²) >= 11 is 0. The molecule has 0 bridgehead atoms. The number of hydrogen-bond donors (Lipinski definition) is 0. The van der Waals surface area contributed by atoms with E-state index < -0.39 is 17.8 Å². The van der Waals surface area contributed by atoms with E-state index >= 15 is 0 Å². The Kier molecular flexibility index (Phi) is 5.57. The summed E-state index contributed by atoms with van der Waals surface area (Å²) in [4.78, 5) is 27.2. The summed E-state index contributed by atoms with van der Waals surface area (Å²) in [6.45, 7) is 2.02. The van der Waals surface area contributed by atoms with Crippen molar-refractivity contribution in [2.75, 3.05) is 14.1 Å². The highest BCUT2D eigenvalue weighted by Crippen LogP contribution is 2.42. The smallest absolute Gasteiger partial charge is 0.252 e. The van der Waals surface area contributed by atoms with Crippen LogP contribution in [-0.4, -0.2) is 47.4 Å². The fraction of sp³-hybridized carbons (Fsp3) is 0.214. The first kappa shape index (κ1) is 21.8. The lowest BCUT2D eigenvalue weighted by molar-refractivity contribution is -0.133. The number of carbonyl (C=O) groups is 2. The lowest BCUT2D eigenvalue weighted by atomic mass is 9.70. The minimum Gasteiger partial charge on any atom is -0.272 e. The fourth-order valence-corrected chi connectivity index (χ4v) is 4.89. The van der Waals surface area contributed by atoms with E-state index in [1.807, 2.05) is 91.9 Å².